The number of carbonyl (C=O) groups is 2. The molecule has 1 aliphatic carbocycles. The maximum atomic E-state index is 12.4. The van der Waals surface area contributed by atoms with Crippen LogP contribution >= 0.6 is 11.3 Å². The second kappa shape index (κ2) is 7.83. The molecule has 5 rings (SSSR count). The molecule has 0 radical (unpaired) electrons. The molecule has 9 heteroatoms. The first-order chi connectivity index (χ1) is 15.4. The molecule has 8 nitrogen and oxygen atoms in total. The van der Waals surface area contributed by atoms with Crippen LogP contribution in [-0.2, 0) is 15.1 Å². The van der Waals surface area contributed by atoms with Crippen LogP contribution in [0.2, 0.25) is 0 Å². The Labute approximate surface area is 188 Å². The SMILES string of the molecule is COC(=O)c1nc(-c2cccc(-c3cc([C@]4(O)CCN(C)C4=O)on3)c2)sc1C1CCC1. The molecule has 166 valence electrons. The molecule has 3 heterocycles. The predicted molar refractivity (Wildman–Crippen MR) is 117 cm³/mol. The molecule has 0 unspecified atom stereocenters. The van der Waals surface area contributed by atoms with Gasteiger partial charge in [-0.05, 0) is 24.8 Å². The van der Waals surface area contributed by atoms with Crippen molar-refractivity contribution in [2.24, 2.45) is 0 Å². The van der Waals surface area contributed by atoms with Crippen LogP contribution in [0.5, 0.6) is 0 Å². The molecule has 1 aromatic carbocycles. The highest BCUT2D eigenvalue weighted by Crippen LogP contribution is 2.43. The van der Waals surface area contributed by atoms with Gasteiger partial charge in [-0.3, -0.25) is 4.79 Å². The van der Waals surface area contributed by atoms with Gasteiger partial charge in [-0.15, -0.1) is 11.3 Å². The Morgan fingerprint density at radius 1 is 1.31 bits per heavy atom. The summed E-state index contributed by atoms with van der Waals surface area (Å²) in [6.45, 7) is 0.455. The standard InChI is InChI=1S/C23H23N3O5S/c1-26-10-9-23(29,22(26)28)17-12-16(25-31-17)14-7-4-8-15(11-14)20-24-18(21(27)30-2)19(32-20)13-5-3-6-13/h4,7-8,11-13,29H,3,5-6,9-10H2,1-2H3/t23-/m1/s1. The van der Waals surface area contributed by atoms with Crippen molar-refractivity contribution >= 4 is 23.2 Å². The number of carbonyl (C=O) groups excluding carboxylic acids is 2. The number of ether oxygens (including phenoxy) is 1. The van der Waals surface area contributed by atoms with Crippen LogP contribution in [0.1, 0.15) is 52.7 Å². The second-order valence-electron chi connectivity index (χ2n) is 8.35. The lowest BCUT2D eigenvalue weighted by Crippen LogP contribution is -2.35. The van der Waals surface area contributed by atoms with E-state index < -0.39 is 17.5 Å². The van der Waals surface area contributed by atoms with Gasteiger partial charge < -0.3 is 19.3 Å². The summed E-state index contributed by atoms with van der Waals surface area (Å²) >= 11 is 1.52. The smallest absolute Gasteiger partial charge is 0.357 e. The van der Waals surface area contributed by atoms with E-state index in [9.17, 15) is 14.7 Å². The number of likely N-dealkylation sites (N-methyl/N-ethyl adjacent to an activating group) is 1. The zero-order valence-corrected chi connectivity index (χ0v) is 18.6. The van der Waals surface area contributed by atoms with Crippen molar-refractivity contribution in [3.63, 3.8) is 0 Å². The van der Waals surface area contributed by atoms with Crippen LogP contribution in [-0.4, -0.2) is 52.7 Å². The molecule has 32 heavy (non-hydrogen) atoms. The lowest BCUT2D eigenvalue weighted by Gasteiger charge is -2.24. The summed E-state index contributed by atoms with van der Waals surface area (Å²) in [6.07, 6.45) is 3.54. The van der Waals surface area contributed by atoms with Gasteiger partial charge in [-0.25, -0.2) is 9.78 Å². The second-order valence-corrected chi connectivity index (χ2v) is 9.38. The van der Waals surface area contributed by atoms with E-state index in [1.807, 2.05) is 24.3 Å². The highest BCUT2D eigenvalue weighted by Gasteiger charge is 2.48. The van der Waals surface area contributed by atoms with Crippen molar-refractivity contribution in [1.29, 1.82) is 0 Å². The molecule has 2 aromatic heterocycles. The highest BCUT2D eigenvalue weighted by molar-refractivity contribution is 7.15. The number of aliphatic hydroxyl groups is 1. The number of esters is 1. The zero-order chi connectivity index (χ0) is 22.5. The summed E-state index contributed by atoms with van der Waals surface area (Å²) in [7, 11) is 3.02. The summed E-state index contributed by atoms with van der Waals surface area (Å²) in [5.41, 5.74) is 0.849. The summed E-state index contributed by atoms with van der Waals surface area (Å²) < 4.78 is 10.3. The Morgan fingerprint density at radius 2 is 2.09 bits per heavy atom. The first-order valence-corrected chi connectivity index (χ1v) is 11.4. The number of benzene rings is 1. The Hall–Kier alpha value is -3.04. The van der Waals surface area contributed by atoms with Crippen LogP contribution in [0.3, 0.4) is 0 Å². The molecule has 1 saturated heterocycles. The Bertz CT molecular complexity index is 1200. The highest BCUT2D eigenvalue weighted by atomic mass is 32.1. The van der Waals surface area contributed by atoms with Crippen molar-refractivity contribution in [2.75, 3.05) is 20.7 Å². The van der Waals surface area contributed by atoms with Gasteiger partial charge in [0.2, 0.25) is 5.60 Å². The Kier molecular flexibility index (Phi) is 5.10. The first-order valence-electron chi connectivity index (χ1n) is 10.6. The molecule has 1 aliphatic heterocycles. The van der Waals surface area contributed by atoms with Crippen LogP contribution in [0, 0.1) is 0 Å². The van der Waals surface area contributed by atoms with Gasteiger partial charge in [-0.1, -0.05) is 29.8 Å². The van der Waals surface area contributed by atoms with Crippen molar-refractivity contribution in [2.45, 2.75) is 37.2 Å². The summed E-state index contributed by atoms with van der Waals surface area (Å²) in [4.78, 5) is 31.7. The predicted octanol–water partition coefficient (Wildman–Crippen LogP) is 3.57. The third-order valence-corrected chi connectivity index (χ3v) is 7.61. The molecule has 1 atom stereocenters. The number of aromatic nitrogens is 2. The van der Waals surface area contributed by atoms with Gasteiger partial charge in [0.25, 0.3) is 5.91 Å². The molecule has 2 aliphatic rings. The number of amides is 1. The molecule has 0 spiro atoms. The van der Waals surface area contributed by atoms with Gasteiger partial charge in [0, 0.05) is 42.1 Å². The molecular formula is C23H23N3O5S. The average Bonchev–Trinajstić information content (AvgIpc) is 3.48. The topological polar surface area (TPSA) is 106 Å². The largest absolute Gasteiger partial charge is 0.464 e. The van der Waals surface area contributed by atoms with Crippen molar-refractivity contribution in [3.8, 4) is 21.8 Å². The van der Waals surface area contributed by atoms with E-state index in [-0.39, 0.29) is 12.2 Å². The number of hydrogen-bond donors (Lipinski definition) is 1. The molecule has 1 N–H and O–H groups in total. The monoisotopic (exact) mass is 453 g/mol. The van der Waals surface area contributed by atoms with E-state index in [0.717, 1.165) is 40.3 Å². The minimum Gasteiger partial charge on any atom is -0.464 e. The fourth-order valence-corrected chi connectivity index (χ4v) is 5.36. The fraction of sp³-hybridized carbons (Fsp3) is 0.391. The fourth-order valence-electron chi connectivity index (χ4n) is 4.15. The first kappa shape index (κ1) is 20.8. The Morgan fingerprint density at radius 3 is 2.75 bits per heavy atom. The van der Waals surface area contributed by atoms with Crippen LogP contribution in [0.25, 0.3) is 21.8 Å². The molecular weight excluding hydrogens is 430 g/mol. The third kappa shape index (κ3) is 3.32. The number of methoxy groups -OCH3 is 1. The number of likely N-dealkylation sites (tertiary alicyclic amines) is 1. The van der Waals surface area contributed by atoms with Crippen LogP contribution in [0.4, 0.5) is 0 Å². The maximum Gasteiger partial charge on any atom is 0.357 e. The van der Waals surface area contributed by atoms with E-state index in [1.165, 1.54) is 23.3 Å². The number of hydrogen-bond acceptors (Lipinski definition) is 8. The van der Waals surface area contributed by atoms with E-state index in [1.54, 1.807) is 13.1 Å². The van der Waals surface area contributed by atoms with Crippen molar-refractivity contribution in [3.05, 3.63) is 46.7 Å². The number of rotatable bonds is 5. The van der Waals surface area contributed by atoms with Gasteiger partial charge in [0.1, 0.15) is 10.7 Å². The van der Waals surface area contributed by atoms with Crippen molar-refractivity contribution < 1.29 is 24.0 Å². The quantitative estimate of drug-likeness (QED) is 0.589. The lowest BCUT2D eigenvalue weighted by atomic mass is 9.83. The molecule has 0 bridgehead atoms. The Balaban J connectivity index is 1.48. The molecule has 3 aromatic rings. The third-order valence-electron chi connectivity index (χ3n) is 6.34. The summed E-state index contributed by atoms with van der Waals surface area (Å²) in [5, 5.41) is 15.6. The number of nitrogens with zero attached hydrogens (tertiary/aromatic N) is 3. The molecule has 1 saturated carbocycles. The summed E-state index contributed by atoms with van der Waals surface area (Å²) in [6, 6.07) is 9.21. The average molecular weight is 454 g/mol. The van der Waals surface area contributed by atoms with Gasteiger partial charge in [0.15, 0.2) is 11.5 Å². The minimum absolute atomic E-state index is 0.141. The molecule has 1 amide bonds. The van der Waals surface area contributed by atoms with Crippen LogP contribution < -0.4 is 0 Å². The number of thiazole rings is 1. The van der Waals surface area contributed by atoms with Crippen molar-refractivity contribution in [1.82, 2.24) is 15.0 Å². The summed E-state index contributed by atoms with van der Waals surface area (Å²) in [5.74, 6) is -0.303. The van der Waals surface area contributed by atoms with Gasteiger partial charge >= 0.3 is 5.97 Å². The normalized spacial score (nSPS) is 21.1. The van der Waals surface area contributed by atoms with E-state index in [2.05, 4.69) is 10.1 Å². The van der Waals surface area contributed by atoms with Crippen LogP contribution in [0.15, 0.2) is 34.9 Å². The molecule has 2 fully saturated rings. The van der Waals surface area contributed by atoms with E-state index in [4.69, 9.17) is 9.26 Å². The van der Waals surface area contributed by atoms with E-state index >= 15 is 0 Å². The van der Waals surface area contributed by atoms with E-state index in [0.29, 0.717) is 23.9 Å². The van der Waals surface area contributed by atoms with Gasteiger partial charge in [-0.2, -0.15) is 0 Å². The van der Waals surface area contributed by atoms with Gasteiger partial charge in [0.05, 0.1) is 7.11 Å². The zero-order valence-electron chi connectivity index (χ0n) is 17.8. The minimum atomic E-state index is -1.68. The maximum absolute atomic E-state index is 12.4. The lowest BCUT2D eigenvalue weighted by molar-refractivity contribution is -0.144.